The number of fused-ring (bicyclic) bond motifs is 2. The Balaban J connectivity index is 1.73. The maximum Gasteiger partial charge on any atom is 0.353 e. The molecule has 3 heterocycles. The molecule has 1 saturated heterocycles. The largest absolute Gasteiger partial charge is 0.477 e. The zero-order valence-corrected chi connectivity index (χ0v) is 12.2. The van der Waals surface area contributed by atoms with Gasteiger partial charge in [0.25, 0.3) is 5.91 Å². The molecule has 0 radical (unpaired) electrons. The number of thioether (sulfide) groups is 1. The van der Waals surface area contributed by atoms with E-state index in [0.717, 1.165) is 22.2 Å². The molecule has 2 aromatic rings. The van der Waals surface area contributed by atoms with Crippen LogP contribution in [0.15, 0.2) is 34.9 Å². The lowest BCUT2D eigenvalue weighted by Gasteiger charge is -2.38. The minimum Gasteiger partial charge on any atom is -0.477 e. The predicted molar refractivity (Wildman–Crippen MR) is 80.4 cm³/mol. The number of nitrogens with one attached hydrogen (secondary N) is 1. The lowest BCUT2D eigenvalue weighted by molar-refractivity contribution is -0.141. The number of aliphatic carboxylic acids is 1. The summed E-state index contributed by atoms with van der Waals surface area (Å²) in [6.45, 7) is 1.87. The van der Waals surface area contributed by atoms with Gasteiger partial charge in [0.05, 0.1) is 11.1 Å². The Morgan fingerprint density at radius 1 is 1.45 bits per heavy atom. The Bertz CT molecular complexity index is 898. The Morgan fingerprint density at radius 3 is 3.05 bits per heavy atom. The third kappa shape index (κ3) is 1.64. The van der Waals surface area contributed by atoms with Crippen LogP contribution in [0.5, 0.6) is 0 Å². The number of allylic oxidation sites excluding steroid dienone is 1. The summed E-state index contributed by atoms with van der Waals surface area (Å²) in [6.07, 6.45) is 0. The highest BCUT2D eigenvalue weighted by molar-refractivity contribution is 8.03. The van der Waals surface area contributed by atoms with E-state index in [2.05, 4.69) is 15.4 Å². The second-order valence-corrected chi connectivity index (χ2v) is 6.01. The van der Waals surface area contributed by atoms with E-state index in [4.69, 9.17) is 5.11 Å². The minimum atomic E-state index is -1.08. The van der Waals surface area contributed by atoms with Crippen LogP contribution in [0.25, 0.3) is 16.6 Å². The van der Waals surface area contributed by atoms with Gasteiger partial charge >= 0.3 is 5.97 Å². The van der Waals surface area contributed by atoms with E-state index in [-0.39, 0.29) is 17.0 Å². The van der Waals surface area contributed by atoms with E-state index < -0.39 is 5.97 Å². The normalized spacial score (nSPS) is 22.4. The smallest absolute Gasteiger partial charge is 0.353 e. The van der Waals surface area contributed by atoms with E-state index >= 15 is 0 Å². The quantitative estimate of drug-likeness (QED) is 0.645. The molecule has 8 heteroatoms. The number of benzene rings is 1. The van der Waals surface area contributed by atoms with Crippen LogP contribution in [0.1, 0.15) is 12.5 Å². The average molecular weight is 314 g/mol. The number of amides is 1. The summed E-state index contributed by atoms with van der Waals surface area (Å²) >= 11 is 1.34. The van der Waals surface area contributed by atoms with Crippen molar-refractivity contribution < 1.29 is 14.7 Å². The monoisotopic (exact) mass is 314 g/mol. The van der Waals surface area contributed by atoms with Crippen molar-refractivity contribution in [2.24, 2.45) is 0 Å². The number of β-lactam (4-membered cyclic amide) rings is 1. The van der Waals surface area contributed by atoms with E-state index in [1.165, 1.54) is 22.1 Å². The van der Waals surface area contributed by atoms with Gasteiger partial charge in [0, 0.05) is 5.41 Å². The number of carbonyl (C=O) groups is 2. The molecule has 0 bridgehead atoms. The fraction of sp³-hybridized carbons (Fsp3) is 0.143. The highest BCUT2D eigenvalue weighted by atomic mass is 32.2. The second-order valence-electron chi connectivity index (χ2n) is 5.05. The van der Waals surface area contributed by atoms with Gasteiger partial charge in [-0.2, -0.15) is 0 Å². The molecule has 1 fully saturated rings. The fourth-order valence-corrected chi connectivity index (χ4v) is 3.90. The first-order valence-corrected chi connectivity index (χ1v) is 7.46. The van der Waals surface area contributed by atoms with Crippen molar-refractivity contribution in [3.05, 3.63) is 40.4 Å². The van der Waals surface area contributed by atoms with Gasteiger partial charge < -0.3 is 5.11 Å². The van der Waals surface area contributed by atoms with Crippen LogP contribution in [0.4, 0.5) is 0 Å². The number of H-pyrrole nitrogens is 1. The third-order valence-electron chi connectivity index (χ3n) is 3.88. The first-order valence-electron chi connectivity index (χ1n) is 6.52. The van der Waals surface area contributed by atoms with Crippen LogP contribution >= 0.6 is 11.8 Å². The number of carbonyl (C=O) groups excluding carboxylic acids is 1. The summed E-state index contributed by atoms with van der Waals surface area (Å²) < 4.78 is 0. The first-order chi connectivity index (χ1) is 10.6. The molecule has 4 rings (SSSR count). The third-order valence-corrected chi connectivity index (χ3v) is 4.94. The predicted octanol–water partition coefficient (Wildman–Crippen LogP) is 1.57. The van der Waals surface area contributed by atoms with Crippen molar-refractivity contribution >= 4 is 40.2 Å². The number of nitrogens with zero attached hydrogens (tertiary/aromatic N) is 3. The molecule has 1 amide bonds. The van der Waals surface area contributed by atoms with E-state index in [1.807, 2.05) is 25.1 Å². The van der Waals surface area contributed by atoms with Gasteiger partial charge in [-0.15, -0.1) is 16.9 Å². The summed E-state index contributed by atoms with van der Waals surface area (Å²) in [6, 6.07) is 5.62. The molecular formula is C14H10N4O3S. The van der Waals surface area contributed by atoms with Gasteiger partial charge in [0.1, 0.15) is 16.6 Å². The maximum atomic E-state index is 12.3. The Labute approximate surface area is 128 Å². The molecule has 1 aromatic heterocycles. The summed E-state index contributed by atoms with van der Waals surface area (Å²) in [5.74, 6) is -1.33. The highest BCUT2D eigenvalue weighted by Crippen LogP contribution is 2.47. The average Bonchev–Trinajstić information content (AvgIpc) is 3.10. The molecule has 2 aliphatic heterocycles. The molecule has 0 unspecified atom stereocenters. The summed E-state index contributed by atoms with van der Waals surface area (Å²) in [5.41, 5.74) is 3.96. The summed E-state index contributed by atoms with van der Waals surface area (Å²) in [5, 5.41) is 20.8. The molecule has 110 valence electrons. The fourth-order valence-electron chi connectivity index (χ4n) is 2.68. The van der Waals surface area contributed by atoms with Crippen LogP contribution in [0.3, 0.4) is 0 Å². The zero-order chi connectivity index (χ0) is 15.4. The van der Waals surface area contributed by atoms with Crippen molar-refractivity contribution in [2.75, 3.05) is 0 Å². The van der Waals surface area contributed by atoms with Crippen molar-refractivity contribution in [2.45, 2.75) is 12.3 Å². The lowest BCUT2D eigenvalue weighted by atomic mass is 9.94. The molecule has 7 nitrogen and oxygen atoms in total. The standard InChI is InChI=1S/C14H10N4O3S/c1-6(7-2-3-8-9(4-7)16-17-15-8)11-12(19)18-10(14(20)21)5-22-13(11)18/h2-5,13H,1H3,(H,20,21)(H,15,16,17)/t13-/m0/s1. The van der Waals surface area contributed by atoms with Crippen molar-refractivity contribution in [3.8, 4) is 0 Å². The van der Waals surface area contributed by atoms with Gasteiger partial charge in [-0.25, -0.2) is 4.79 Å². The van der Waals surface area contributed by atoms with Crippen LogP contribution in [-0.2, 0) is 9.59 Å². The van der Waals surface area contributed by atoms with E-state index in [9.17, 15) is 9.59 Å². The number of hydrogen-bond donors (Lipinski definition) is 2. The molecule has 1 atom stereocenters. The van der Waals surface area contributed by atoms with Gasteiger partial charge in [-0.05, 0) is 30.2 Å². The number of rotatable bonds is 2. The summed E-state index contributed by atoms with van der Waals surface area (Å²) in [4.78, 5) is 24.7. The van der Waals surface area contributed by atoms with Crippen LogP contribution < -0.4 is 0 Å². The molecule has 0 spiro atoms. The molecule has 2 N–H and O–H groups in total. The van der Waals surface area contributed by atoms with Gasteiger partial charge in [-0.3, -0.25) is 14.8 Å². The molecule has 1 aromatic carbocycles. The number of aromatic amines is 1. The number of hydrogen-bond acceptors (Lipinski definition) is 5. The van der Waals surface area contributed by atoms with Crippen molar-refractivity contribution in [3.63, 3.8) is 0 Å². The molecule has 22 heavy (non-hydrogen) atoms. The Kier molecular flexibility index (Phi) is 2.64. The second kappa shape index (κ2) is 4.44. The van der Waals surface area contributed by atoms with Crippen molar-refractivity contribution in [1.29, 1.82) is 0 Å². The van der Waals surface area contributed by atoms with Gasteiger partial charge in [0.15, 0.2) is 0 Å². The van der Waals surface area contributed by atoms with Gasteiger partial charge in [0.2, 0.25) is 0 Å². The SMILES string of the molecule is CC(=C1C(=O)N2C(C(=O)O)=CS[C@@H]12)c1ccc2[nH]nnc2c1. The highest BCUT2D eigenvalue weighted by Gasteiger charge is 2.50. The minimum absolute atomic E-state index is 0.0449. The van der Waals surface area contributed by atoms with E-state index in [1.54, 1.807) is 0 Å². The Hall–Kier alpha value is -2.61. The van der Waals surface area contributed by atoms with Crippen LogP contribution in [0, 0.1) is 0 Å². The lowest BCUT2D eigenvalue weighted by Crippen LogP contribution is -2.51. The molecule has 2 aliphatic rings. The summed E-state index contributed by atoms with van der Waals surface area (Å²) in [7, 11) is 0. The van der Waals surface area contributed by atoms with Crippen molar-refractivity contribution in [1.82, 2.24) is 20.3 Å². The Morgan fingerprint density at radius 2 is 2.27 bits per heavy atom. The van der Waals surface area contributed by atoms with Crippen LogP contribution in [0.2, 0.25) is 0 Å². The van der Waals surface area contributed by atoms with Crippen LogP contribution in [-0.4, -0.2) is 42.7 Å². The number of aromatic nitrogens is 3. The van der Waals surface area contributed by atoms with E-state index in [0.29, 0.717) is 5.57 Å². The first kappa shape index (κ1) is 13.1. The zero-order valence-electron chi connectivity index (χ0n) is 11.4. The maximum absolute atomic E-state index is 12.3. The molecule has 0 aliphatic carbocycles. The molecular weight excluding hydrogens is 304 g/mol. The van der Waals surface area contributed by atoms with Gasteiger partial charge in [-0.1, -0.05) is 11.3 Å². The number of carboxylic acid groups (broad SMARTS) is 1. The topological polar surface area (TPSA) is 99.2 Å². The molecule has 0 saturated carbocycles. The number of carboxylic acids is 1.